The summed E-state index contributed by atoms with van der Waals surface area (Å²) in [7, 11) is 1.80. The van der Waals surface area contributed by atoms with E-state index in [0.29, 0.717) is 42.7 Å². The summed E-state index contributed by atoms with van der Waals surface area (Å²) in [6, 6.07) is 5.06. The number of hydrogen-bond donors (Lipinski definition) is 2. The Morgan fingerprint density at radius 3 is 2.43 bits per heavy atom. The molecule has 0 fully saturated rings. The van der Waals surface area contributed by atoms with Crippen LogP contribution in [0.4, 0.5) is 13.2 Å². The molecule has 2 N–H and O–H groups in total. The van der Waals surface area contributed by atoms with Crippen molar-refractivity contribution in [2.24, 2.45) is 4.99 Å². The Morgan fingerprint density at radius 2 is 1.90 bits per heavy atom. The summed E-state index contributed by atoms with van der Waals surface area (Å²) < 4.78 is 38.0. The molecule has 1 aromatic carbocycles. The Hall–Kier alpha value is -1.89. The highest BCUT2D eigenvalue weighted by molar-refractivity contribution is 14.0. The number of aryl methyl sites for hydroxylation is 1. The molecule has 6 nitrogen and oxygen atoms in total. The number of rotatable bonds is 7. The number of halogens is 4. The van der Waals surface area contributed by atoms with Gasteiger partial charge >= 0.3 is 6.18 Å². The summed E-state index contributed by atoms with van der Waals surface area (Å²) in [5.41, 5.74) is 2.39. The van der Waals surface area contributed by atoms with E-state index in [2.05, 4.69) is 20.6 Å². The number of amides is 1. The quantitative estimate of drug-likeness (QED) is 0.235. The molecule has 0 saturated heterocycles. The van der Waals surface area contributed by atoms with Crippen molar-refractivity contribution in [1.29, 1.82) is 0 Å². The average Bonchev–Trinajstić information content (AvgIpc) is 3.09. The van der Waals surface area contributed by atoms with E-state index in [1.807, 2.05) is 11.8 Å². The third kappa shape index (κ3) is 7.74. The third-order valence-electron chi connectivity index (χ3n) is 4.01. The molecule has 30 heavy (non-hydrogen) atoms. The minimum Gasteiger partial charge on any atom is -0.357 e. The lowest BCUT2D eigenvalue weighted by atomic mass is 10.1. The Morgan fingerprint density at radius 1 is 1.23 bits per heavy atom. The van der Waals surface area contributed by atoms with Crippen molar-refractivity contribution >= 4 is 47.2 Å². The number of thiazole rings is 1. The van der Waals surface area contributed by atoms with Crippen molar-refractivity contribution in [3.63, 3.8) is 0 Å². The van der Waals surface area contributed by atoms with E-state index in [4.69, 9.17) is 0 Å². The molecule has 2 aromatic rings. The van der Waals surface area contributed by atoms with Crippen LogP contribution in [-0.4, -0.2) is 48.4 Å². The van der Waals surface area contributed by atoms with E-state index < -0.39 is 11.7 Å². The number of carbonyl (C=O) groups is 1. The van der Waals surface area contributed by atoms with Crippen LogP contribution in [0.5, 0.6) is 0 Å². The fourth-order valence-electron chi connectivity index (χ4n) is 2.55. The highest BCUT2D eigenvalue weighted by atomic mass is 127. The molecule has 0 bridgehead atoms. The van der Waals surface area contributed by atoms with Gasteiger partial charge in [0.15, 0.2) is 5.96 Å². The van der Waals surface area contributed by atoms with E-state index >= 15 is 0 Å². The van der Waals surface area contributed by atoms with Crippen LogP contribution in [0.15, 0.2) is 34.8 Å². The van der Waals surface area contributed by atoms with Crippen molar-refractivity contribution in [3.8, 4) is 0 Å². The number of aromatic nitrogens is 1. The number of carbonyl (C=O) groups excluding carboxylic acids is 1. The topological polar surface area (TPSA) is 69.6 Å². The Bertz CT molecular complexity index is 839. The Balaban J connectivity index is 0.00000450. The van der Waals surface area contributed by atoms with E-state index in [9.17, 15) is 18.0 Å². The lowest BCUT2D eigenvalue weighted by molar-refractivity contribution is -0.137. The van der Waals surface area contributed by atoms with Crippen molar-refractivity contribution in [2.75, 3.05) is 26.7 Å². The number of alkyl halides is 3. The maximum atomic E-state index is 12.7. The minimum absolute atomic E-state index is 0. The van der Waals surface area contributed by atoms with Gasteiger partial charge in [0.2, 0.25) is 0 Å². The normalized spacial score (nSPS) is 11.6. The first-order chi connectivity index (χ1) is 13.7. The maximum absolute atomic E-state index is 12.7. The Kier molecular flexibility index (Phi) is 10.5. The number of benzene rings is 1. The lowest BCUT2D eigenvalue weighted by Crippen LogP contribution is -2.39. The van der Waals surface area contributed by atoms with Gasteiger partial charge in [-0.3, -0.25) is 9.79 Å². The van der Waals surface area contributed by atoms with Gasteiger partial charge in [0, 0.05) is 26.7 Å². The molecule has 0 aliphatic heterocycles. The zero-order valence-electron chi connectivity index (χ0n) is 16.9. The van der Waals surface area contributed by atoms with Crippen LogP contribution in [0.2, 0.25) is 0 Å². The molecule has 0 radical (unpaired) electrons. The number of nitrogens with zero attached hydrogens (tertiary/aromatic N) is 3. The van der Waals surface area contributed by atoms with E-state index in [-0.39, 0.29) is 29.9 Å². The second-order valence-electron chi connectivity index (χ2n) is 6.31. The molecule has 0 aliphatic rings. The molecule has 0 atom stereocenters. The van der Waals surface area contributed by atoms with E-state index in [1.165, 1.54) is 23.5 Å². The highest BCUT2D eigenvalue weighted by Crippen LogP contribution is 2.29. The zero-order valence-corrected chi connectivity index (χ0v) is 20.1. The predicted octanol–water partition coefficient (Wildman–Crippen LogP) is 3.92. The standard InChI is InChI=1S/C19H24F3N5OS.HI/c1-4-23-18(25-10-9-24-17(28)16-13(2)26-12-29-16)27(3)11-14-5-7-15(8-6-14)19(20,21)22;/h5-8,12H,4,9-11H2,1-3H3,(H,23,25)(H,24,28);1H. The van der Waals surface area contributed by atoms with Gasteiger partial charge in [-0.25, -0.2) is 4.98 Å². The second-order valence-corrected chi connectivity index (χ2v) is 7.16. The van der Waals surface area contributed by atoms with Crippen LogP contribution in [0.1, 0.15) is 33.4 Å². The van der Waals surface area contributed by atoms with Crippen molar-refractivity contribution in [1.82, 2.24) is 20.5 Å². The minimum atomic E-state index is -4.34. The van der Waals surface area contributed by atoms with Crippen LogP contribution in [-0.2, 0) is 12.7 Å². The first kappa shape index (κ1) is 26.1. The summed E-state index contributed by atoms with van der Waals surface area (Å²) in [4.78, 5) is 23.0. The monoisotopic (exact) mass is 555 g/mol. The Labute approximate surface area is 195 Å². The highest BCUT2D eigenvalue weighted by Gasteiger charge is 2.29. The van der Waals surface area contributed by atoms with Crippen LogP contribution >= 0.6 is 35.3 Å². The van der Waals surface area contributed by atoms with Gasteiger partial charge in [-0.2, -0.15) is 13.2 Å². The molecule has 1 heterocycles. The van der Waals surface area contributed by atoms with Crippen molar-refractivity contribution < 1.29 is 18.0 Å². The summed E-state index contributed by atoms with van der Waals surface area (Å²) in [5.74, 6) is 0.430. The second kappa shape index (κ2) is 12.1. The van der Waals surface area contributed by atoms with E-state index in [1.54, 1.807) is 19.5 Å². The summed E-state index contributed by atoms with van der Waals surface area (Å²) in [5, 5.41) is 5.94. The zero-order chi connectivity index (χ0) is 21.4. The van der Waals surface area contributed by atoms with Gasteiger partial charge in [0.05, 0.1) is 23.3 Å². The van der Waals surface area contributed by atoms with Gasteiger partial charge in [-0.15, -0.1) is 35.3 Å². The molecule has 1 amide bonds. The molecule has 0 saturated carbocycles. The van der Waals surface area contributed by atoms with Crippen LogP contribution in [0.25, 0.3) is 0 Å². The molecular formula is C19H25F3IN5OS. The third-order valence-corrected chi connectivity index (χ3v) is 4.94. The molecule has 0 aliphatic carbocycles. The van der Waals surface area contributed by atoms with Crippen molar-refractivity contribution in [3.05, 3.63) is 51.5 Å². The number of hydrogen-bond acceptors (Lipinski definition) is 4. The summed E-state index contributed by atoms with van der Waals surface area (Å²) in [6.07, 6.45) is -4.34. The van der Waals surface area contributed by atoms with Crippen LogP contribution in [0, 0.1) is 6.92 Å². The van der Waals surface area contributed by atoms with Gasteiger partial charge < -0.3 is 15.5 Å². The molecule has 166 valence electrons. The van der Waals surface area contributed by atoms with Crippen LogP contribution < -0.4 is 10.6 Å². The summed E-state index contributed by atoms with van der Waals surface area (Å²) >= 11 is 1.29. The first-order valence-corrected chi connectivity index (χ1v) is 9.94. The number of nitrogens with one attached hydrogen (secondary N) is 2. The van der Waals surface area contributed by atoms with Crippen molar-refractivity contribution in [2.45, 2.75) is 26.6 Å². The SMILES string of the molecule is CCNC(=NCCNC(=O)c1scnc1C)N(C)Cc1ccc(C(F)(F)F)cc1.I. The number of aliphatic imine (C=N–C) groups is 1. The lowest BCUT2D eigenvalue weighted by Gasteiger charge is -2.22. The number of guanidine groups is 1. The predicted molar refractivity (Wildman–Crippen MR) is 123 cm³/mol. The smallest absolute Gasteiger partial charge is 0.357 e. The maximum Gasteiger partial charge on any atom is 0.416 e. The van der Waals surface area contributed by atoms with Gasteiger partial charge in [-0.1, -0.05) is 12.1 Å². The fourth-order valence-corrected chi connectivity index (χ4v) is 3.27. The molecule has 0 unspecified atom stereocenters. The molecule has 2 rings (SSSR count). The largest absolute Gasteiger partial charge is 0.416 e. The van der Waals surface area contributed by atoms with Gasteiger partial charge in [0.25, 0.3) is 5.91 Å². The fraction of sp³-hybridized carbons (Fsp3) is 0.421. The summed E-state index contributed by atoms with van der Waals surface area (Å²) in [6.45, 7) is 5.47. The first-order valence-electron chi connectivity index (χ1n) is 9.06. The average molecular weight is 555 g/mol. The van der Waals surface area contributed by atoms with E-state index in [0.717, 1.165) is 17.7 Å². The van der Waals surface area contributed by atoms with Gasteiger partial charge in [0.1, 0.15) is 4.88 Å². The molecule has 0 spiro atoms. The van der Waals surface area contributed by atoms with Gasteiger partial charge in [-0.05, 0) is 31.5 Å². The molecule has 1 aromatic heterocycles. The molecular weight excluding hydrogens is 530 g/mol. The van der Waals surface area contributed by atoms with Crippen LogP contribution in [0.3, 0.4) is 0 Å². The molecule has 11 heteroatoms.